The first-order chi connectivity index (χ1) is 14.9. The van der Waals surface area contributed by atoms with Gasteiger partial charge in [0, 0.05) is 22.1 Å². The Bertz CT molecular complexity index is 1060. The second-order valence-electron chi connectivity index (χ2n) is 7.74. The van der Waals surface area contributed by atoms with Crippen LogP contribution in [0.5, 0.6) is 0 Å². The van der Waals surface area contributed by atoms with Gasteiger partial charge in [0.05, 0.1) is 11.9 Å². The molecule has 10 heteroatoms. The Morgan fingerprint density at radius 3 is 2.25 bits per heavy atom. The van der Waals surface area contributed by atoms with E-state index >= 15 is 0 Å². The highest BCUT2D eigenvalue weighted by molar-refractivity contribution is 9.10. The van der Waals surface area contributed by atoms with Gasteiger partial charge < -0.3 is 10.2 Å². The highest BCUT2D eigenvalue weighted by Gasteiger charge is 2.30. The number of hydrogen-bond acceptors (Lipinski definition) is 4. The fourth-order valence-corrected chi connectivity index (χ4v) is 4.37. The maximum atomic E-state index is 13.4. The zero-order valence-electron chi connectivity index (χ0n) is 18.4. The van der Waals surface area contributed by atoms with Crippen LogP contribution in [0.3, 0.4) is 0 Å². The molecule has 0 aliphatic rings. The molecule has 0 heterocycles. The molecule has 1 atom stereocenters. The summed E-state index contributed by atoms with van der Waals surface area (Å²) in [6, 6.07) is 12.6. The summed E-state index contributed by atoms with van der Waals surface area (Å²) in [5.41, 5.74) is 1.08. The van der Waals surface area contributed by atoms with Gasteiger partial charge in [0.15, 0.2) is 0 Å². The minimum atomic E-state index is -3.76. The lowest BCUT2D eigenvalue weighted by Gasteiger charge is -2.32. The molecule has 0 aliphatic carbocycles. The Balaban J connectivity index is 2.38. The molecule has 0 aromatic heterocycles. The van der Waals surface area contributed by atoms with E-state index in [1.165, 1.54) is 4.90 Å². The van der Waals surface area contributed by atoms with Crippen LogP contribution in [-0.4, -0.2) is 50.0 Å². The summed E-state index contributed by atoms with van der Waals surface area (Å²) in [6.07, 6.45) is 1.04. The largest absolute Gasteiger partial charge is 0.352 e. The molecule has 0 radical (unpaired) electrons. The monoisotopic (exact) mass is 543 g/mol. The van der Waals surface area contributed by atoms with Crippen molar-refractivity contribution in [2.75, 3.05) is 17.1 Å². The summed E-state index contributed by atoms with van der Waals surface area (Å²) in [4.78, 5) is 27.4. The number of carbonyl (C=O) groups excluding carboxylic acids is 2. The SMILES string of the molecule is CC(C)NC(=O)[C@@H](C)N(Cc1cccc(Cl)c1)C(=O)CN(c1ccc(Br)cc1)S(C)(=O)=O. The van der Waals surface area contributed by atoms with Crippen molar-refractivity contribution < 1.29 is 18.0 Å². The van der Waals surface area contributed by atoms with E-state index < -0.39 is 28.5 Å². The van der Waals surface area contributed by atoms with E-state index in [0.717, 1.165) is 20.6 Å². The van der Waals surface area contributed by atoms with E-state index in [4.69, 9.17) is 11.6 Å². The molecule has 0 saturated carbocycles. The highest BCUT2D eigenvalue weighted by Crippen LogP contribution is 2.22. The van der Waals surface area contributed by atoms with Crippen molar-refractivity contribution in [1.29, 1.82) is 0 Å². The van der Waals surface area contributed by atoms with E-state index in [-0.39, 0.29) is 18.5 Å². The van der Waals surface area contributed by atoms with Gasteiger partial charge in [-0.3, -0.25) is 13.9 Å². The van der Waals surface area contributed by atoms with Crippen LogP contribution < -0.4 is 9.62 Å². The average molecular weight is 545 g/mol. The second-order valence-corrected chi connectivity index (χ2v) is 11.0. The highest BCUT2D eigenvalue weighted by atomic mass is 79.9. The van der Waals surface area contributed by atoms with Crippen molar-refractivity contribution in [2.24, 2.45) is 0 Å². The summed E-state index contributed by atoms with van der Waals surface area (Å²) >= 11 is 9.40. The molecule has 1 N–H and O–H groups in total. The molecular weight excluding hydrogens is 518 g/mol. The molecule has 2 amide bonds. The third-order valence-electron chi connectivity index (χ3n) is 4.63. The van der Waals surface area contributed by atoms with Gasteiger partial charge in [-0.05, 0) is 62.7 Å². The minimum Gasteiger partial charge on any atom is -0.352 e. The number of hydrogen-bond donors (Lipinski definition) is 1. The number of sulfonamides is 1. The molecule has 2 rings (SSSR count). The Labute approximate surface area is 202 Å². The predicted molar refractivity (Wildman–Crippen MR) is 131 cm³/mol. The Kier molecular flexibility index (Phi) is 9.12. The summed E-state index contributed by atoms with van der Waals surface area (Å²) in [5, 5.41) is 3.30. The van der Waals surface area contributed by atoms with Crippen molar-refractivity contribution in [3.05, 3.63) is 63.6 Å². The van der Waals surface area contributed by atoms with Gasteiger partial charge in [-0.2, -0.15) is 0 Å². The lowest BCUT2D eigenvalue weighted by atomic mass is 10.1. The second kappa shape index (κ2) is 11.2. The first kappa shape index (κ1) is 26.2. The third-order valence-corrected chi connectivity index (χ3v) is 6.54. The zero-order valence-corrected chi connectivity index (χ0v) is 21.5. The van der Waals surface area contributed by atoms with Crippen molar-refractivity contribution in [3.63, 3.8) is 0 Å². The minimum absolute atomic E-state index is 0.101. The first-order valence-electron chi connectivity index (χ1n) is 9.96. The van der Waals surface area contributed by atoms with E-state index in [9.17, 15) is 18.0 Å². The molecule has 174 valence electrons. The quantitative estimate of drug-likeness (QED) is 0.520. The van der Waals surface area contributed by atoms with Gasteiger partial charge in [0.25, 0.3) is 0 Å². The van der Waals surface area contributed by atoms with Crippen molar-refractivity contribution in [1.82, 2.24) is 10.2 Å². The van der Waals surface area contributed by atoms with Crippen LogP contribution in [0, 0.1) is 0 Å². The number of rotatable bonds is 9. The van der Waals surface area contributed by atoms with Crippen LogP contribution in [-0.2, 0) is 26.2 Å². The standard InChI is InChI=1S/C22H27BrClN3O4S/c1-15(2)25-22(29)16(3)26(13-17-6-5-7-19(24)12-17)21(28)14-27(32(4,30)31)20-10-8-18(23)9-11-20/h5-12,15-16H,13-14H2,1-4H3,(H,25,29)/t16-/m1/s1. The lowest BCUT2D eigenvalue weighted by Crippen LogP contribution is -2.52. The smallest absolute Gasteiger partial charge is 0.244 e. The zero-order chi connectivity index (χ0) is 24.1. The topological polar surface area (TPSA) is 86.8 Å². The van der Waals surface area contributed by atoms with Gasteiger partial charge in [-0.15, -0.1) is 0 Å². The van der Waals surface area contributed by atoms with E-state index in [1.807, 2.05) is 13.8 Å². The average Bonchev–Trinajstić information content (AvgIpc) is 2.69. The Morgan fingerprint density at radius 2 is 1.72 bits per heavy atom. The molecule has 2 aromatic rings. The van der Waals surface area contributed by atoms with Gasteiger partial charge >= 0.3 is 0 Å². The van der Waals surface area contributed by atoms with Gasteiger partial charge in [-0.1, -0.05) is 39.7 Å². The van der Waals surface area contributed by atoms with Crippen LogP contribution in [0.2, 0.25) is 5.02 Å². The van der Waals surface area contributed by atoms with Crippen LogP contribution >= 0.6 is 27.5 Å². The molecule has 2 aromatic carbocycles. The summed E-state index contributed by atoms with van der Waals surface area (Å²) in [5.74, 6) is -0.838. The predicted octanol–water partition coefficient (Wildman–Crippen LogP) is 3.81. The third kappa shape index (κ3) is 7.50. The maximum Gasteiger partial charge on any atom is 0.244 e. The fraction of sp³-hybridized carbons (Fsp3) is 0.364. The molecule has 0 bridgehead atoms. The number of nitrogens with zero attached hydrogens (tertiary/aromatic N) is 2. The molecule has 0 spiro atoms. The Morgan fingerprint density at radius 1 is 1.09 bits per heavy atom. The number of halogens is 2. The number of nitrogens with one attached hydrogen (secondary N) is 1. The molecule has 0 fully saturated rings. The molecule has 0 saturated heterocycles. The lowest BCUT2D eigenvalue weighted by molar-refractivity contribution is -0.139. The van der Waals surface area contributed by atoms with Gasteiger partial charge in [0.2, 0.25) is 21.8 Å². The number of carbonyl (C=O) groups is 2. The van der Waals surface area contributed by atoms with Crippen LogP contribution in [0.4, 0.5) is 5.69 Å². The summed E-state index contributed by atoms with van der Waals surface area (Å²) < 4.78 is 26.8. The van der Waals surface area contributed by atoms with E-state index in [2.05, 4.69) is 21.2 Å². The number of anilines is 1. The fourth-order valence-electron chi connectivity index (χ4n) is 3.04. The van der Waals surface area contributed by atoms with Gasteiger partial charge in [0.1, 0.15) is 12.6 Å². The molecule has 7 nitrogen and oxygen atoms in total. The van der Waals surface area contributed by atoms with E-state index in [0.29, 0.717) is 10.7 Å². The van der Waals surface area contributed by atoms with Crippen LogP contribution in [0.1, 0.15) is 26.3 Å². The van der Waals surface area contributed by atoms with Crippen LogP contribution in [0.15, 0.2) is 53.0 Å². The normalized spacial score (nSPS) is 12.3. The van der Waals surface area contributed by atoms with Crippen LogP contribution in [0.25, 0.3) is 0 Å². The maximum absolute atomic E-state index is 13.4. The molecule has 0 unspecified atom stereocenters. The summed E-state index contributed by atoms with van der Waals surface area (Å²) in [7, 11) is -3.76. The van der Waals surface area contributed by atoms with E-state index in [1.54, 1.807) is 55.5 Å². The number of amides is 2. The van der Waals surface area contributed by atoms with Gasteiger partial charge in [-0.25, -0.2) is 8.42 Å². The molecule has 0 aliphatic heterocycles. The summed E-state index contributed by atoms with van der Waals surface area (Å²) in [6.45, 7) is 4.92. The number of benzene rings is 2. The van der Waals surface area contributed by atoms with Crippen molar-refractivity contribution in [2.45, 2.75) is 39.4 Å². The first-order valence-corrected chi connectivity index (χ1v) is 13.0. The molecular formula is C22H27BrClN3O4S. The Hall–Kier alpha value is -2.10. The van der Waals surface area contributed by atoms with Crippen molar-refractivity contribution >= 4 is 55.1 Å². The van der Waals surface area contributed by atoms with Crippen molar-refractivity contribution in [3.8, 4) is 0 Å². The molecule has 32 heavy (non-hydrogen) atoms.